The number of thiazole rings is 1. The Morgan fingerprint density at radius 3 is 2.59 bits per heavy atom. The summed E-state index contributed by atoms with van der Waals surface area (Å²) in [4.78, 5) is 6.40. The molecule has 4 rings (SSSR count). The van der Waals surface area contributed by atoms with Crippen LogP contribution in [0, 0.1) is 5.41 Å². The molecule has 0 fully saturated rings. The third-order valence-electron chi connectivity index (χ3n) is 4.58. The molecule has 2 aromatic carbocycles. The van der Waals surface area contributed by atoms with Gasteiger partial charge in [0.15, 0.2) is 0 Å². The van der Waals surface area contributed by atoms with E-state index >= 15 is 0 Å². The minimum absolute atomic E-state index is 0.151. The fourth-order valence-corrected chi connectivity index (χ4v) is 4.13. The summed E-state index contributed by atoms with van der Waals surface area (Å²) in [5.74, 6) is 1.19. The largest absolute Gasteiger partial charge is 0.510 e. The van der Waals surface area contributed by atoms with Crippen molar-refractivity contribution in [3.63, 3.8) is 0 Å². The maximum atomic E-state index is 10.6. The highest BCUT2D eigenvalue weighted by atomic mass is 35.5. The predicted molar refractivity (Wildman–Crippen MR) is 119 cm³/mol. The molecule has 0 spiro atoms. The van der Waals surface area contributed by atoms with Crippen LogP contribution in [-0.4, -0.2) is 29.1 Å². The summed E-state index contributed by atoms with van der Waals surface area (Å²) in [6.07, 6.45) is 0.950. The first-order valence-electron chi connectivity index (χ1n) is 9.30. The van der Waals surface area contributed by atoms with Gasteiger partial charge in [-0.25, -0.2) is 4.98 Å². The van der Waals surface area contributed by atoms with Crippen LogP contribution in [0.15, 0.2) is 59.7 Å². The average Bonchev–Trinajstić information content (AvgIpc) is 3.31. The highest BCUT2D eigenvalue weighted by Gasteiger charge is 2.31. The molecule has 0 unspecified atom stereocenters. The number of aromatic nitrogens is 1. The Labute approximate surface area is 178 Å². The number of benzene rings is 2. The number of rotatable bonds is 6. The Balaban J connectivity index is 1.54. The van der Waals surface area contributed by atoms with Crippen molar-refractivity contribution in [1.82, 2.24) is 4.98 Å². The van der Waals surface area contributed by atoms with Crippen molar-refractivity contribution < 1.29 is 9.84 Å². The maximum Gasteiger partial charge on any atom is 0.139 e. The summed E-state index contributed by atoms with van der Waals surface area (Å²) in [7, 11) is 0. The zero-order valence-corrected chi connectivity index (χ0v) is 17.4. The van der Waals surface area contributed by atoms with Gasteiger partial charge in [-0.3, -0.25) is 5.41 Å². The van der Waals surface area contributed by atoms with Crippen LogP contribution >= 0.6 is 22.9 Å². The molecule has 0 aliphatic carbocycles. The van der Waals surface area contributed by atoms with E-state index in [1.807, 2.05) is 53.9 Å². The fraction of sp³-hybridized carbons (Fsp3) is 0.182. The highest BCUT2D eigenvalue weighted by molar-refractivity contribution is 7.11. The Hall–Kier alpha value is -2.83. The van der Waals surface area contributed by atoms with Crippen molar-refractivity contribution in [1.29, 1.82) is 5.41 Å². The summed E-state index contributed by atoms with van der Waals surface area (Å²) < 4.78 is 5.61. The van der Waals surface area contributed by atoms with E-state index in [0.29, 0.717) is 22.2 Å². The predicted octanol–water partition coefficient (Wildman–Crippen LogP) is 6.02. The molecule has 2 N–H and O–H groups in total. The molecular weight excluding hydrogens is 406 g/mol. The third kappa shape index (κ3) is 3.99. The van der Waals surface area contributed by atoms with Crippen molar-refractivity contribution in [2.75, 3.05) is 18.1 Å². The van der Waals surface area contributed by atoms with Gasteiger partial charge in [-0.05, 0) is 42.8 Å². The zero-order valence-electron chi connectivity index (χ0n) is 15.9. The van der Waals surface area contributed by atoms with Gasteiger partial charge in [-0.2, -0.15) is 0 Å². The van der Waals surface area contributed by atoms with E-state index in [1.54, 1.807) is 4.90 Å². The lowest BCUT2D eigenvalue weighted by Crippen LogP contribution is -2.25. The van der Waals surface area contributed by atoms with E-state index < -0.39 is 0 Å². The van der Waals surface area contributed by atoms with Crippen LogP contribution in [0.25, 0.3) is 16.8 Å². The zero-order chi connectivity index (χ0) is 20.4. The monoisotopic (exact) mass is 425 g/mol. The second-order valence-electron chi connectivity index (χ2n) is 6.64. The van der Waals surface area contributed by atoms with Gasteiger partial charge in [-0.15, -0.1) is 11.3 Å². The number of amidine groups is 1. The second kappa shape index (κ2) is 8.27. The quantitative estimate of drug-likeness (QED) is 0.506. The number of nitrogens with zero attached hydrogens (tertiary/aromatic N) is 2. The molecule has 0 radical (unpaired) electrons. The van der Waals surface area contributed by atoms with Gasteiger partial charge in [0.1, 0.15) is 22.4 Å². The topological polar surface area (TPSA) is 69.4 Å². The fourth-order valence-electron chi connectivity index (χ4n) is 3.11. The Bertz CT molecular complexity index is 1060. The van der Waals surface area contributed by atoms with E-state index in [4.69, 9.17) is 21.7 Å². The molecule has 1 aliphatic rings. The van der Waals surface area contributed by atoms with Crippen molar-refractivity contribution in [3.8, 4) is 17.0 Å². The molecule has 2 heterocycles. The van der Waals surface area contributed by atoms with Gasteiger partial charge in [-0.1, -0.05) is 30.7 Å². The van der Waals surface area contributed by atoms with Gasteiger partial charge in [0, 0.05) is 21.7 Å². The smallest absolute Gasteiger partial charge is 0.139 e. The molecule has 7 heteroatoms. The van der Waals surface area contributed by atoms with Crippen molar-refractivity contribution in [2.24, 2.45) is 0 Å². The molecule has 0 saturated heterocycles. The lowest BCUT2D eigenvalue weighted by molar-refractivity contribution is 0.317. The van der Waals surface area contributed by atoms with Crippen LogP contribution in [0.1, 0.15) is 18.4 Å². The summed E-state index contributed by atoms with van der Waals surface area (Å²) in [6, 6.07) is 15.0. The standard InChI is InChI=1S/C22H20ClN3O2S/c1-2-11-28-17-9-7-16(8-10-17)26-12-19(27)20(21(26)24)22-25-18(13-29-22)14-3-5-15(23)6-4-14/h3-10,13,24,27H,2,11-12H2,1H3. The third-order valence-corrected chi connectivity index (χ3v) is 5.69. The van der Waals surface area contributed by atoms with Crippen LogP contribution in [0.3, 0.4) is 0 Å². The lowest BCUT2D eigenvalue weighted by atomic mass is 10.2. The van der Waals surface area contributed by atoms with Gasteiger partial charge < -0.3 is 14.7 Å². The SMILES string of the molecule is CCCOc1ccc(N2CC(O)=C(c3nc(-c4ccc(Cl)cc4)cs3)C2=N)cc1. The summed E-state index contributed by atoms with van der Waals surface area (Å²) >= 11 is 7.37. The van der Waals surface area contributed by atoms with E-state index in [9.17, 15) is 5.11 Å². The first-order chi connectivity index (χ1) is 14.1. The molecule has 5 nitrogen and oxygen atoms in total. The lowest BCUT2D eigenvalue weighted by Gasteiger charge is -2.19. The van der Waals surface area contributed by atoms with Crippen molar-refractivity contribution in [2.45, 2.75) is 13.3 Å². The molecule has 0 atom stereocenters. The second-order valence-corrected chi connectivity index (χ2v) is 7.94. The molecule has 0 amide bonds. The molecular formula is C22H20ClN3O2S. The van der Waals surface area contributed by atoms with E-state index in [2.05, 4.69) is 11.9 Å². The first-order valence-corrected chi connectivity index (χ1v) is 10.6. The van der Waals surface area contributed by atoms with Gasteiger partial charge >= 0.3 is 0 Å². The molecule has 1 aromatic heterocycles. The van der Waals surface area contributed by atoms with Crippen molar-refractivity contribution in [3.05, 3.63) is 69.7 Å². The van der Waals surface area contributed by atoms with Gasteiger partial charge in [0.2, 0.25) is 0 Å². The minimum Gasteiger partial charge on any atom is -0.510 e. The number of anilines is 1. The summed E-state index contributed by atoms with van der Waals surface area (Å²) in [6.45, 7) is 2.98. The molecule has 0 saturated carbocycles. The Morgan fingerprint density at radius 2 is 1.90 bits per heavy atom. The van der Waals surface area contributed by atoms with Crippen LogP contribution < -0.4 is 9.64 Å². The first kappa shape index (κ1) is 19.5. The minimum atomic E-state index is 0.151. The summed E-state index contributed by atoms with van der Waals surface area (Å²) in [5, 5.41) is 22.4. The van der Waals surface area contributed by atoms with Gasteiger partial charge in [0.25, 0.3) is 0 Å². The number of halogens is 1. The van der Waals surface area contributed by atoms with Crippen LogP contribution in [-0.2, 0) is 0 Å². The van der Waals surface area contributed by atoms with E-state index in [1.165, 1.54) is 11.3 Å². The van der Waals surface area contributed by atoms with E-state index in [0.717, 1.165) is 29.1 Å². The maximum absolute atomic E-state index is 10.6. The summed E-state index contributed by atoms with van der Waals surface area (Å²) in [5.41, 5.74) is 3.04. The Kier molecular flexibility index (Phi) is 5.56. The molecule has 29 heavy (non-hydrogen) atoms. The van der Waals surface area contributed by atoms with Crippen molar-refractivity contribution >= 4 is 40.0 Å². The normalized spacial score (nSPS) is 14.0. The van der Waals surface area contributed by atoms with Crippen LogP contribution in [0.2, 0.25) is 5.02 Å². The Morgan fingerprint density at radius 1 is 1.17 bits per heavy atom. The van der Waals surface area contributed by atoms with E-state index in [-0.39, 0.29) is 18.1 Å². The number of aliphatic hydroxyl groups is 1. The van der Waals surface area contributed by atoms with Crippen LogP contribution in [0.4, 0.5) is 5.69 Å². The number of aliphatic hydroxyl groups excluding tert-OH is 1. The molecule has 1 aliphatic heterocycles. The number of nitrogens with one attached hydrogen (secondary N) is 1. The molecule has 148 valence electrons. The van der Waals surface area contributed by atoms with Gasteiger partial charge in [0.05, 0.1) is 24.4 Å². The number of ether oxygens (including phenoxy) is 1. The highest BCUT2D eigenvalue weighted by Crippen LogP contribution is 2.35. The number of hydrogen-bond donors (Lipinski definition) is 2. The molecule has 0 bridgehead atoms. The molecule has 3 aromatic rings. The average molecular weight is 426 g/mol. The van der Waals surface area contributed by atoms with Crippen LogP contribution in [0.5, 0.6) is 5.75 Å². The number of hydrogen-bond acceptors (Lipinski definition) is 5.